The molecule has 0 amide bonds. The highest BCUT2D eigenvalue weighted by molar-refractivity contribution is 5.75. The Bertz CT molecular complexity index is 938. The molecule has 1 aromatic heterocycles. The number of nitrogens with two attached hydrogens (primary N) is 1. The van der Waals surface area contributed by atoms with Gasteiger partial charge in [0, 0.05) is 37.2 Å². The highest BCUT2D eigenvalue weighted by atomic mass is 16.6. The van der Waals surface area contributed by atoms with E-state index in [9.17, 15) is 0 Å². The second kappa shape index (κ2) is 6.47. The van der Waals surface area contributed by atoms with Crippen LogP contribution in [0.5, 0.6) is 11.5 Å². The van der Waals surface area contributed by atoms with E-state index in [2.05, 4.69) is 15.5 Å². The predicted octanol–water partition coefficient (Wildman–Crippen LogP) is 2.90. The van der Waals surface area contributed by atoms with E-state index in [4.69, 9.17) is 19.6 Å². The lowest BCUT2D eigenvalue weighted by Gasteiger charge is -2.18. The number of nitrogens with one attached hydrogen (secondary N) is 1. The average molecular weight is 353 g/mol. The summed E-state index contributed by atoms with van der Waals surface area (Å²) in [6.07, 6.45) is 0. The molecule has 3 aromatic rings. The van der Waals surface area contributed by atoms with E-state index in [1.807, 2.05) is 55.4 Å². The summed E-state index contributed by atoms with van der Waals surface area (Å²) >= 11 is 0. The molecule has 0 radical (unpaired) electrons. The highest BCUT2D eigenvalue weighted by Gasteiger charge is 2.15. The minimum atomic E-state index is 0.271. The van der Waals surface area contributed by atoms with Gasteiger partial charge in [-0.2, -0.15) is 0 Å². The molecule has 0 spiro atoms. The van der Waals surface area contributed by atoms with Crippen LogP contribution in [0, 0.1) is 0 Å². The van der Waals surface area contributed by atoms with Crippen LogP contribution >= 0.6 is 0 Å². The molecule has 26 heavy (non-hydrogen) atoms. The molecule has 0 saturated heterocycles. The van der Waals surface area contributed by atoms with Crippen molar-refractivity contribution in [1.82, 2.24) is 10.2 Å². The van der Waals surface area contributed by atoms with Gasteiger partial charge in [0.15, 0.2) is 11.5 Å². The third-order valence-corrected chi connectivity index (χ3v) is 4.00. The van der Waals surface area contributed by atoms with Gasteiger partial charge in [0.1, 0.15) is 13.2 Å². The highest BCUT2D eigenvalue weighted by Crippen LogP contribution is 2.34. The number of nitrogen functional groups attached to an aromatic ring is 1. The summed E-state index contributed by atoms with van der Waals surface area (Å²) in [5, 5.41) is 11.2. The van der Waals surface area contributed by atoms with Crippen molar-refractivity contribution in [2.24, 2.45) is 0 Å². The van der Waals surface area contributed by atoms with Gasteiger partial charge in [-0.25, -0.2) is 0 Å². The maximum absolute atomic E-state index is 6.12. The molecule has 0 unspecified atom stereocenters. The Morgan fingerprint density at radius 2 is 1.81 bits per heavy atom. The minimum Gasteiger partial charge on any atom is -0.486 e. The first-order chi connectivity index (χ1) is 12.6. The fraction of sp³-hybridized carbons (Fsp3) is 0.222. The van der Waals surface area contributed by atoms with E-state index >= 15 is 0 Å². The molecule has 3 N–H and O–H groups in total. The van der Waals surface area contributed by atoms with Crippen LogP contribution in [0.25, 0.3) is 11.5 Å². The van der Waals surface area contributed by atoms with Crippen molar-refractivity contribution in [3.8, 4) is 23.0 Å². The molecule has 0 fully saturated rings. The Hall–Kier alpha value is -3.42. The third kappa shape index (κ3) is 3.08. The van der Waals surface area contributed by atoms with Crippen molar-refractivity contribution in [3.05, 3.63) is 36.4 Å². The zero-order chi connectivity index (χ0) is 18.1. The molecular formula is C18H19N5O3. The van der Waals surface area contributed by atoms with Gasteiger partial charge in [-0.05, 0) is 30.3 Å². The molecule has 0 aliphatic carbocycles. The van der Waals surface area contributed by atoms with Gasteiger partial charge in [0.05, 0.1) is 5.56 Å². The third-order valence-electron chi connectivity index (χ3n) is 4.00. The second-order valence-corrected chi connectivity index (χ2v) is 6.06. The summed E-state index contributed by atoms with van der Waals surface area (Å²) in [7, 11) is 3.91. The van der Waals surface area contributed by atoms with Crippen LogP contribution in [0.2, 0.25) is 0 Å². The quantitative estimate of drug-likeness (QED) is 0.691. The summed E-state index contributed by atoms with van der Waals surface area (Å²) < 4.78 is 16.8. The van der Waals surface area contributed by atoms with Crippen molar-refractivity contribution in [1.29, 1.82) is 0 Å². The monoisotopic (exact) mass is 353 g/mol. The number of aromatic nitrogens is 2. The zero-order valence-corrected chi connectivity index (χ0v) is 14.5. The van der Waals surface area contributed by atoms with E-state index in [1.54, 1.807) is 0 Å². The maximum Gasteiger partial charge on any atom is 0.320 e. The summed E-state index contributed by atoms with van der Waals surface area (Å²) in [6, 6.07) is 11.5. The fourth-order valence-corrected chi connectivity index (χ4v) is 2.65. The minimum absolute atomic E-state index is 0.271. The molecule has 2 heterocycles. The van der Waals surface area contributed by atoms with Crippen LogP contribution in [-0.4, -0.2) is 37.5 Å². The Morgan fingerprint density at radius 1 is 1.00 bits per heavy atom. The van der Waals surface area contributed by atoms with Crippen molar-refractivity contribution >= 4 is 23.1 Å². The zero-order valence-electron chi connectivity index (χ0n) is 14.5. The number of ether oxygens (including phenoxy) is 2. The van der Waals surface area contributed by atoms with Crippen molar-refractivity contribution in [2.45, 2.75) is 0 Å². The second-order valence-electron chi connectivity index (χ2n) is 6.06. The Kier molecular flexibility index (Phi) is 4.00. The first kappa shape index (κ1) is 16.1. The molecule has 2 aromatic carbocycles. The predicted molar refractivity (Wildman–Crippen MR) is 99.2 cm³/mol. The number of fused-ring (bicyclic) bond motifs is 1. The average Bonchev–Trinajstić information content (AvgIpc) is 3.09. The normalized spacial score (nSPS) is 12.7. The van der Waals surface area contributed by atoms with E-state index in [-0.39, 0.29) is 6.01 Å². The van der Waals surface area contributed by atoms with E-state index in [0.717, 1.165) is 17.1 Å². The largest absolute Gasteiger partial charge is 0.486 e. The van der Waals surface area contributed by atoms with Gasteiger partial charge in [-0.1, -0.05) is 5.10 Å². The maximum atomic E-state index is 6.12. The van der Waals surface area contributed by atoms with E-state index in [0.29, 0.717) is 36.1 Å². The van der Waals surface area contributed by atoms with E-state index in [1.165, 1.54) is 0 Å². The van der Waals surface area contributed by atoms with Crippen molar-refractivity contribution in [3.63, 3.8) is 0 Å². The van der Waals surface area contributed by atoms with Crippen LogP contribution in [0.3, 0.4) is 0 Å². The molecule has 8 nitrogen and oxygen atoms in total. The van der Waals surface area contributed by atoms with Gasteiger partial charge in [-0.3, -0.25) is 0 Å². The Balaban J connectivity index is 1.55. The van der Waals surface area contributed by atoms with Crippen LogP contribution in [0.1, 0.15) is 0 Å². The molecule has 0 atom stereocenters. The molecular weight excluding hydrogens is 334 g/mol. The van der Waals surface area contributed by atoms with Crippen LogP contribution < -0.4 is 25.4 Å². The van der Waals surface area contributed by atoms with Crippen LogP contribution in [-0.2, 0) is 0 Å². The first-order valence-electron chi connectivity index (χ1n) is 8.17. The fourth-order valence-electron chi connectivity index (χ4n) is 2.65. The lowest BCUT2D eigenvalue weighted by atomic mass is 10.1. The SMILES string of the molecule is CN(C)c1ccc(-c2nnc(Nc3ccc4c(c3)OCCO4)o2)c(N)c1. The van der Waals surface area contributed by atoms with Crippen molar-refractivity contribution < 1.29 is 13.9 Å². The molecule has 0 saturated carbocycles. The summed E-state index contributed by atoms with van der Waals surface area (Å²) in [5.74, 6) is 1.76. The number of hydrogen-bond acceptors (Lipinski definition) is 8. The molecule has 0 bridgehead atoms. The van der Waals surface area contributed by atoms with Crippen molar-refractivity contribution in [2.75, 3.05) is 43.3 Å². The summed E-state index contributed by atoms with van der Waals surface area (Å²) in [5.41, 5.74) is 9.16. The Labute approximate surface area is 150 Å². The standard InChI is InChI=1S/C18H19N5O3/c1-23(2)12-4-5-13(14(19)10-12)17-21-22-18(26-17)20-11-3-6-15-16(9-11)25-8-7-24-15/h3-6,9-10H,7-8,19H2,1-2H3,(H,20,22). The molecule has 4 rings (SSSR count). The number of benzene rings is 2. The number of hydrogen-bond donors (Lipinski definition) is 2. The molecule has 1 aliphatic rings. The lowest BCUT2D eigenvalue weighted by Crippen LogP contribution is -2.15. The van der Waals surface area contributed by atoms with Gasteiger partial charge >= 0.3 is 6.01 Å². The topological polar surface area (TPSA) is 98.7 Å². The number of nitrogens with zero attached hydrogens (tertiary/aromatic N) is 3. The smallest absolute Gasteiger partial charge is 0.320 e. The lowest BCUT2D eigenvalue weighted by molar-refractivity contribution is 0.171. The Morgan fingerprint density at radius 3 is 2.58 bits per heavy atom. The van der Waals surface area contributed by atoms with Crippen LogP contribution in [0.4, 0.5) is 23.1 Å². The van der Waals surface area contributed by atoms with E-state index < -0.39 is 0 Å². The summed E-state index contributed by atoms with van der Waals surface area (Å²) in [4.78, 5) is 1.98. The van der Waals surface area contributed by atoms with Crippen LogP contribution in [0.15, 0.2) is 40.8 Å². The molecule has 134 valence electrons. The van der Waals surface area contributed by atoms with Gasteiger partial charge < -0.3 is 29.8 Å². The summed E-state index contributed by atoms with van der Waals surface area (Å²) in [6.45, 7) is 1.09. The first-order valence-corrected chi connectivity index (χ1v) is 8.17. The van der Waals surface area contributed by atoms with Gasteiger partial charge in [-0.15, -0.1) is 5.10 Å². The van der Waals surface area contributed by atoms with Gasteiger partial charge in [0.25, 0.3) is 5.89 Å². The number of rotatable bonds is 4. The molecule has 8 heteroatoms. The van der Waals surface area contributed by atoms with Gasteiger partial charge in [0.2, 0.25) is 0 Å². The number of anilines is 4. The molecule has 1 aliphatic heterocycles.